The number of Topliss-reactive ketones (excluding diaryl/α,β-unsaturated/α-hetero) is 1. The predicted molar refractivity (Wildman–Crippen MR) is 64.5 cm³/mol. The van der Waals surface area contributed by atoms with Crippen LogP contribution in [0.15, 0.2) is 28.7 Å². The van der Waals surface area contributed by atoms with Crippen molar-refractivity contribution in [2.45, 2.75) is 18.9 Å². The molecule has 1 fully saturated rings. The first-order chi connectivity index (χ1) is 8.25. The fourth-order valence-electron chi connectivity index (χ4n) is 2.09. The molecule has 1 aromatic heterocycles. The quantitative estimate of drug-likeness (QED) is 0.767. The monoisotopic (exact) mass is 250 g/mol. The van der Waals surface area contributed by atoms with Gasteiger partial charge in [0.25, 0.3) is 0 Å². The summed E-state index contributed by atoms with van der Waals surface area (Å²) in [4.78, 5) is 12.1. The summed E-state index contributed by atoms with van der Waals surface area (Å²) in [7, 11) is 0. The van der Waals surface area contributed by atoms with Crippen LogP contribution in [0, 0.1) is 0 Å². The van der Waals surface area contributed by atoms with Crippen molar-refractivity contribution in [1.29, 1.82) is 0 Å². The van der Waals surface area contributed by atoms with Gasteiger partial charge in [-0.1, -0.05) is 23.7 Å². The molecule has 1 aliphatic rings. The van der Waals surface area contributed by atoms with Crippen molar-refractivity contribution in [3.05, 3.63) is 35.0 Å². The summed E-state index contributed by atoms with van der Waals surface area (Å²) in [6.45, 7) is 0.650. The molecule has 88 valence electrons. The molecule has 17 heavy (non-hydrogen) atoms. The number of para-hydroxylation sites is 1. The SMILES string of the molecule is O=C(c1cc2cccc(Cl)c2o1)C1CCCO1. The third-order valence-electron chi connectivity index (χ3n) is 2.96. The summed E-state index contributed by atoms with van der Waals surface area (Å²) in [5, 5.41) is 1.37. The maximum atomic E-state index is 12.1. The van der Waals surface area contributed by atoms with Crippen LogP contribution < -0.4 is 0 Å². The van der Waals surface area contributed by atoms with Gasteiger partial charge in [-0.25, -0.2) is 0 Å². The van der Waals surface area contributed by atoms with Gasteiger partial charge in [-0.3, -0.25) is 4.79 Å². The number of ether oxygens (including phenoxy) is 1. The number of carbonyl (C=O) groups excluding carboxylic acids is 1. The minimum Gasteiger partial charge on any atom is -0.451 e. The molecule has 0 N–H and O–H groups in total. The van der Waals surface area contributed by atoms with Crippen LogP contribution in [0.4, 0.5) is 0 Å². The Morgan fingerprint density at radius 3 is 3.00 bits per heavy atom. The van der Waals surface area contributed by atoms with E-state index in [2.05, 4.69) is 0 Å². The van der Waals surface area contributed by atoms with Crippen LogP contribution in [0.3, 0.4) is 0 Å². The molecular formula is C13H11ClO3. The maximum absolute atomic E-state index is 12.1. The van der Waals surface area contributed by atoms with Crippen molar-refractivity contribution in [3.8, 4) is 0 Å². The zero-order valence-electron chi connectivity index (χ0n) is 9.11. The maximum Gasteiger partial charge on any atom is 0.226 e. The largest absolute Gasteiger partial charge is 0.451 e. The van der Waals surface area contributed by atoms with E-state index in [9.17, 15) is 4.79 Å². The average Bonchev–Trinajstić information content (AvgIpc) is 2.98. The second-order valence-electron chi connectivity index (χ2n) is 4.13. The minimum atomic E-state index is -0.352. The Morgan fingerprint density at radius 2 is 2.29 bits per heavy atom. The van der Waals surface area contributed by atoms with E-state index in [0.717, 1.165) is 18.2 Å². The smallest absolute Gasteiger partial charge is 0.226 e. The van der Waals surface area contributed by atoms with Crippen LogP contribution in [0.2, 0.25) is 5.02 Å². The topological polar surface area (TPSA) is 39.4 Å². The van der Waals surface area contributed by atoms with Gasteiger partial charge in [-0.15, -0.1) is 0 Å². The Balaban J connectivity index is 2.00. The molecule has 0 spiro atoms. The number of hydrogen-bond acceptors (Lipinski definition) is 3. The summed E-state index contributed by atoms with van der Waals surface area (Å²) in [6, 6.07) is 7.18. The van der Waals surface area contributed by atoms with E-state index < -0.39 is 0 Å². The number of carbonyl (C=O) groups is 1. The van der Waals surface area contributed by atoms with Gasteiger partial charge in [0.15, 0.2) is 11.3 Å². The number of hydrogen-bond donors (Lipinski definition) is 0. The highest BCUT2D eigenvalue weighted by molar-refractivity contribution is 6.34. The van der Waals surface area contributed by atoms with Gasteiger partial charge in [0.05, 0.1) is 5.02 Å². The number of fused-ring (bicyclic) bond motifs is 1. The molecule has 1 atom stereocenters. The Hall–Kier alpha value is -1.32. The average molecular weight is 251 g/mol. The highest BCUT2D eigenvalue weighted by Crippen LogP contribution is 2.28. The molecule has 3 rings (SSSR count). The Morgan fingerprint density at radius 1 is 1.41 bits per heavy atom. The summed E-state index contributed by atoms with van der Waals surface area (Å²) < 4.78 is 10.9. The van der Waals surface area contributed by atoms with Crippen LogP contribution in [-0.4, -0.2) is 18.5 Å². The molecule has 0 amide bonds. The molecule has 1 aromatic carbocycles. The van der Waals surface area contributed by atoms with E-state index in [1.165, 1.54) is 0 Å². The number of benzene rings is 1. The molecule has 1 aliphatic heterocycles. The molecule has 1 saturated heterocycles. The lowest BCUT2D eigenvalue weighted by molar-refractivity contribution is 0.0617. The summed E-state index contributed by atoms with van der Waals surface area (Å²) in [6.07, 6.45) is 1.34. The molecular weight excluding hydrogens is 240 g/mol. The van der Waals surface area contributed by atoms with Gasteiger partial charge in [-0.2, -0.15) is 0 Å². The second kappa shape index (κ2) is 4.17. The van der Waals surface area contributed by atoms with E-state index in [-0.39, 0.29) is 11.9 Å². The zero-order valence-corrected chi connectivity index (χ0v) is 9.87. The molecule has 0 aliphatic carbocycles. The van der Waals surface area contributed by atoms with Crippen molar-refractivity contribution in [2.75, 3.05) is 6.61 Å². The van der Waals surface area contributed by atoms with E-state index in [4.69, 9.17) is 20.8 Å². The van der Waals surface area contributed by atoms with Gasteiger partial charge < -0.3 is 9.15 Å². The first kappa shape index (κ1) is 10.8. The van der Waals surface area contributed by atoms with E-state index in [1.807, 2.05) is 12.1 Å². The number of furan rings is 1. The normalized spacial score (nSPS) is 19.9. The lowest BCUT2D eigenvalue weighted by atomic mass is 10.1. The Kier molecular flexibility index (Phi) is 2.65. The zero-order chi connectivity index (χ0) is 11.8. The lowest BCUT2D eigenvalue weighted by Crippen LogP contribution is -2.18. The van der Waals surface area contributed by atoms with Crippen LogP contribution in [0.5, 0.6) is 0 Å². The van der Waals surface area contributed by atoms with Crippen molar-refractivity contribution in [3.63, 3.8) is 0 Å². The second-order valence-corrected chi connectivity index (χ2v) is 4.54. The fourth-order valence-corrected chi connectivity index (χ4v) is 2.31. The van der Waals surface area contributed by atoms with Crippen molar-refractivity contribution in [2.24, 2.45) is 0 Å². The van der Waals surface area contributed by atoms with Crippen LogP contribution >= 0.6 is 11.6 Å². The van der Waals surface area contributed by atoms with Gasteiger partial charge in [-0.05, 0) is 25.0 Å². The minimum absolute atomic E-state index is 0.0882. The standard InChI is InChI=1S/C13H11ClO3/c14-9-4-1-3-8-7-11(17-13(8)9)12(15)10-5-2-6-16-10/h1,3-4,7,10H,2,5-6H2. The number of halogens is 1. The first-order valence-corrected chi connectivity index (χ1v) is 5.97. The van der Waals surface area contributed by atoms with Crippen molar-refractivity contribution in [1.82, 2.24) is 0 Å². The molecule has 0 saturated carbocycles. The van der Waals surface area contributed by atoms with Gasteiger partial charge in [0.2, 0.25) is 5.78 Å². The van der Waals surface area contributed by atoms with Gasteiger partial charge in [0.1, 0.15) is 6.10 Å². The fraction of sp³-hybridized carbons (Fsp3) is 0.308. The molecule has 0 bridgehead atoms. The third kappa shape index (κ3) is 1.85. The van der Waals surface area contributed by atoms with E-state index >= 15 is 0 Å². The molecule has 4 heteroatoms. The summed E-state index contributed by atoms with van der Waals surface area (Å²) in [5.74, 6) is 0.245. The number of rotatable bonds is 2. The van der Waals surface area contributed by atoms with Crippen LogP contribution in [-0.2, 0) is 4.74 Å². The summed E-state index contributed by atoms with van der Waals surface area (Å²) in [5.41, 5.74) is 0.565. The highest BCUT2D eigenvalue weighted by atomic mass is 35.5. The van der Waals surface area contributed by atoms with Crippen molar-refractivity contribution < 1.29 is 13.9 Å². The highest BCUT2D eigenvalue weighted by Gasteiger charge is 2.27. The van der Waals surface area contributed by atoms with Crippen LogP contribution in [0.1, 0.15) is 23.4 Å². The number of ketones is 1. The molecule has 3 nitrogen and oxygen atoms in total. The van der Waals surface area contributed by atoms with Gasteiger partial charge in [0, 0.05) is 12.0 Å². The first-order valence-electron chi connectivity index (χ1n) is 5.59. The van der Waals surface area contributed by atoms with E-state index in [0.29, 0.717) is 23.0 Å². The molecule has 1 unspecified atom stereocenters. The van der Waals surface area contributed by atoms with Gasteiger partial charge >= 0.3 is 0 Å². The Bertz CT molecular complexity index is 567. The van der Waals surface area contributed by atoms with Crippen LogP contribution in [0.25, 0.3) is 11.0 Å². The summed E-state index contributed by atoms with van der Waals surface area (Å²) >= 11 is 6.00. The van der Waals surface area contributed by atoms with Crippen molar-refractivity contribution >= 4 is 28.4 Å². The third-order valence-corrected chi connectivity index (χ3v) is 3.26. The molecule has 0 radical (unpaired) electrons. The molecule has 2 aromatic rings. The predicted octanol–water partition coefficient (Wildman–Crippen LogP) is 3.45. The molecule has 2 heterocycles. The van der Waals surface area contributed by atoms with E-state index in [1.54, 1.807) is 12.1 Å². The lowest BCUT2D eigenvalue weighted by Gasteiger charge is -2.04. The Labute approximate surface area is 103 Å².